The summed E-state index contributed by atoms with van der Waals surface area (Å²) in [7, 11) is 0. The second-order valence-electron chi connectivity index (χ2n) is 6.11. The number of H-pyrrole nitrogens is 1. The molecule has 3 rings (SSSR count). The van der Waals surface area contributed by atoms with Crippen LogP contribution >= 0.6 is 0 Å². The Labute approximate surface area is 142 Å². The number of hydrogen-bond donors (Lipinski definition) is 2. The zero-order valence-electron chi connectivity index (χ0n) is 14.1. The van der Waals surface area contributed by atoms with Crippen LogP contribution in [-0.2, 0) is 17.8 Å². The van der Waals surface area contributed by atoms with Gasteiger partial charge in [0.05, 0.1) is 0 Å². The van der Waals surface area contributed by atoms with Crippen LogP contribution in [0.25, 0.3) is 10.9 Å². The van der Waals surface area contributed by atoms with E-state index in [0.29, 0.717) is 13.0 Å². The van der Waals surface area contributed by atoms with Gasteiger partial charge in [0.1, 0.15) is 0 Å². The SMILES string of the molecule is Cc1ccnn1CCCNC(=O)CCCc1c[nH]c2ccccc12. The third-order valence-electron chi connectivity index (χ3n) is 4.32. The Morgan fingerprint density at radius 1 is 1.25 bits per heavy atom. The molecule has 2 N–H and O–H groups in total. The molecule has 0 saturated carbocycles. The van der Waals surface area contributed by atoms with Crippen molar-refractivity contribution in [3.8, 4) is 0 Å². The first-order chi connectivity index (χ1) is 11.7. The van der Waals surface area contributed by atoms with Crippen LogP contribution in [0.5, 0.6) is 0 Å². The molecular weight excluding hydrogens is 300 g/mol. The Kier molecular flexibility index (Phi) is 5.31. The molecule has 0 atom stereocenters. The predicted octanol–water partition coefficient (Wildman–Crippen LogP) is 3.20. The molecule has 126 valence electrons. The van der Waals surface area contributed by atoms with Crippen molar-refractivity contribution < 1.29 is 4.79 Å². The van der Waals surface area contributed by atoms with Crippen molar-refractivity contribution in [3.63, 3.8) is 0 Å². The van der Waals surface area contributed by atoms with Crippen molar-refractivity contribution in [2.45, 2.75) is 39.2 Å². The highest BCUT2D eigenvalue weighted by molar-refractivity contribution is 5.83. The molecule has 0 aliphatic rings. The second-order valence-corrected chi connectivity index (χ2v) is 6.11. The number of rotatable bonds is 8. The first-order valence-electron chi connectivity index (χ1n) is 8.54. The Morgan fingerprint density at radius 3 is 2.96 bits per heavy atom. The van der Waals surface area contributed by atoms with Gasteiger partial charge in [-0.3, -0.25) is 9.48 Å². The first-order valence-corrected chi connectivity index (χ1v) is 8.54. The number of nitrogens with zero attached hydrogens (tertiary/aromatic N) is 2. The van der Waals surface area contributed by atoms with E-state index in [4.69, 9.17) is 0 Å². The van der Waals surface area contributed by atoms with E-state index in [9.17, 15) is 4.79 Å². The topological polar surface area (TPSA) is 62.7 Å². The van der Waals surface area contributed by atoms with E-state index in [1.807, 2.05) is 29.8 Å². The maximum Gasteiger partial charge on any atom is 0.220 e. The number of amides is 1. The molecule has 5 nitrogen and oxygen atoms in total. The summed E-state index contributed by atoms with van der Waals surface area (Å²) in [6.07, 6.45) is 7.11. The fourth-order valence-electron chi connectivity index (χ4n) is 2.96. The van der Waals surface area contributed by atoms with Crippen molar-refractivity contribution in [1.82, 2.24) is 20.1 Å². The van der Waals surface area contributed by atoms with Gasteiger partial charge in [0.15, 0.2) is 0 Å². The molecule has 0 saturated heterocycles. The number of aryl methyl sites for hydroxylation is 3. The summed E-state index contributed by atoms with van der Waals surface area (Å²) in [6, 6.07) is 10.3. The Bertz CT molecular complexity index is 802. The highest BCUT2D eigenvalue weighted by atomic mass is 16.1. The molecule has 0 aliphatic carbocycles. The molecule has 0 bridgehead atoms. The van der Waals surface area contributed by atoms with E-state index in [2.05, 4.69) is 33.7 Å². The molecule has 0 radical (unpaired) electrons. The second kappa shape index (κ2) is 7.81. The number of nitrogens with one attached hydrogen (secondary N) is 2. The molecule has 0 unspecified atom stereocenters. The quantitative estimate of drug-likeness (QED) is 0.625. The zero-order valence-corrected chi connectivity index (χ0v) is 14.1. The number of fused-ring (bicyclic) bond motifs is 1. The van der Waals surface area contributed by atoms with Crippen LogP contribution < -0.4 is 5.32 Å². The summed E-state index contributed by atoms with van der Waals surface area (Å²) in [6.45, 7) is 3.58. The first kappa shape index (κ1) is 16.3. The third-order valence-corrected chi connectivity index (χ3v) is 4.32. The van der Waals surface area contributed by atoms with E-state index < -0.39 is 0 Å². The standard InChI is InChI=1S/C19H24N4O/c1-15-10-12-22-23(15)13-5-11-20-19(24)9-4-6-16-14-21-18-8-3-2-7-17(16)18/h2-3,7-8,10,12,14,21H,4-6,9,11,13H2,1H3,(H,20,24). The monoisotopic (exact) mass is 324 g/mol. The molecule has 1 aromatic carbocycles. The summed E-state index contributed by atoms with van der Waals surface area (Å²) >= 11 is 0. The van der Waals surface area contributed by atoms with Crippen LogP contribution in [0, 0.1) is 6.92 Å². The number of para-hydroxylation sites is 1. The van der Waals surface area contributed by atoms with Crippen LogP contribution in [-0.4, -0.2) is 27.2 Å². The maximum atomic E-state index is 11.9. The van der Waals surface area contributed by atoms with Gasteiger partial charge in [0.25, 0.3) is 0 Å². The molecular formula is C19H24N4O. The van der Waals surface area contributed by atoms with Crippen molar-refractivity contribution in [2.24, 2.45) is 0 Å². The summed E-state index contributed by atoms with van der Waals surface area (Å²) in [5.41, 5.74) is 3.60. The maximum absolute atomic E-state index is 11.9. The third kappa shape index (κ3) is 4.04. The molecule has 0 fully saturated rings. The largest absolute Gasteiger partial charge is 0.361 e. The van der Waals surface area contributed by atoms with E-state index in [1.54, 1.807) is 6.20 Å². The van der Waals surface area contributed by atoms with Gasteiger partial charge in [-0.2, -0.15) is 5.10 Å². The van der Waals surface area contributed by atoms with Gasteiger partial charge >= 0.3 is 0 Å². The van der Waals surface area contributed by atoms with Gasteiger partial charge in [-0.05, 0) is 43.9 Å². The summed E-state index contributed by atoms with van der Waals surface area (Å²) in [5.74, 6) is 0.132. The van der Waals surface area contributed by atoms with Gasteiger partial charge in [0, 0.05) is 48.5 Å². The lowest BCUT2D eigenvalue weighted by atomic mass is 10.1. The molecule has 0 spiro atoms. The molecule has 5 heteroatoms. The lowest BCUT2D eigenvalue weighted by Crippen LogP contribution is -2.25. The normalized spacial score (nSPS) is 11.0. The van der Waals surface area contributed by atoms with E-state index in [1.165, 1.54) is 10.9 Å². The fraction of sp³-hybridized carbons (Fsp3) is 0.368. The number of aromatic nitrogens is 3. The molecule has 24 heavy (non-hydrogen) atoms. The van der Waals surface area contributed by atoms with Crippen molar-refractivity contribution >= 4 is 16.8 Å². The van der Waals surface area contributed by atoms with Gasteiger partial charge < -0.3 is 10.3 Å². The highest BCUT2D eigenvalue weighted by Gasteiger charge is 2.05. The smallest absolute Gasteiger partial charge is 0.220 e. The minimum absolute atomic E-state index is 0.132. The number of carbonyl (C=O) groups excluding carboxylic acids is 1. The van der Waals surface area contributed by atoms with Gasteiger partial charge in [-0.1, -0.05) is 18.2 Å². The zero-order chi connectivity index (χ0) is 16.8. The summed E-state index contributed by atoms with van der Waals surface area (Å²) in [4.78, 5) is 15.2. The van der Waals surface area contributed by atoms with E-state index in [-0.39, 0.29) is 5.91 Å². The molecule has 1 amide bonds. The molecule has 2 aromatic heterocycles. The summed E-state index contributed by atoms with van der Waals surface area (Å²) < 4.78 is 1.96. The number of hydrogen-bond acceptors (Lipinski definition) is 2. The number of benzene rings is 1. The van der Waals surface area contributed by atoms with Crippen molar-refractivity contribution in [1.29, 1.82) is 0 Å². The minimum Gasteiger partial charge on any atom is -0.361 e. The molecule has 2 heterocycles. The van der Waals surface area contributed by atoms with Gasteiger partial charge in [0.2, 0.25) is 5.91 Å². The Morgan fingerprint density at radius 2 is 2.12 bits per heavy atom. The van der Waals surface area contributed by atoms with E-state index in [0.717, 1.165) is 37.0 Å². The fourth-order valence-corrected chi connectivity index (χ4v) is 2.96. The van der Waals surface area contributed by atoms with Crippen LogP contribution in [0.15, 0.2) is 42.7 Å². The Hall–Kier alpha value is -2.56. The predicted molar refractivity (Wildman–Crippen MR) is 95.8 cm³/mol. The van der Waals surface area contributed by atoms with E-state index >= 15 is 0 Å². The van der Waals surface area contributed by atoms with Crippen LogP contribution in [0.4, 0.5) is 0 Å². The number of carbonyl (C=O) groups is 1. The average Bonchev–Trinajstić information content (AvgIpc) is 3.18. The average molecular weight is 324 g/mol. The molecule has 3 aromatic rings. The van der Waals surface area contributed by atoms with Crippen molar-refractivity contribution in [2.75, 3.05) is 6.54 Å². The molecule has 0 aliphatic heterocycles. The lowest BCUT2D eigenvalue weighted by molar-refractivity contribution is -0.121. The van der Waals surface area contributed by atoms with Crippen LogP contribution in [0.2, 0.25) is 0 Å². The van der Waals surface area contributed by atoms with Gasteiger partial charge in [-0.15, -0.1) is 0 Å². The number of aromatic amines is 1. The highest BCUT2D eigenvalue weighted by Crippen LogP contribution is 2.19. The summed E-state index contributed by atoms with van der Waals surface area (Å²) in [5, 5.41) is 8.49. The van der Waals surface area contributed by atoms with Crippen LogP contribution in [0.1, 0.15) is 30.5 Å². The Balaban J connectivity index is 1.35. The lowest BCUT2D eigenvalue weighted by Gasteiger charge is -2.06. The van der Waals surface area contributed by atoms with Crippen LogP contribution in [0.3, 0.4) is 0 Å². The minimum atomic E-state index is 0.132. The van der Waals surface area contributed by atoms with Crippen molar-refractivity contribution in [3.05, 3.63) is 54.0 Å². The van der Waals surface area contributed by atoms with Gasteiger partial charge in [-0.25, -0.2) is 0 Å².